The number of carbonyl (C=O) groups is 2. The number of nitrogens with one attached hydrogen (secondary N) is 3. The Balaban J connectivity index is 0.997. The lowest BCUT2D eigenvalue weighted by atomic mass is 9.76. The van der Waals surface area contributed by atoms with Gasteiger partial charge in [0.2, 0.25) is 12.7 Å². The van der Waals surface area contributed by atoms with Gasteiger partial charge in [-0.1, -0.05) is 30.2 Å². The van der Waals surface area contributed by atoms with Crippen LogP contribution in [0.25, 0.3) is 21.5 Å². The smallest absolute Gasteiger partial charge is 0.231 e. The van der Waals surface area contributed by atoms with Crippen molar-refractivity contribution in [3.05, 3.63) is 69.6 Å². The lowest BCUT2D eigenvalue weighted by molar-refractivity contribution is -0.130. The average Bonchev–Trinajstić information content (AvgIpc) is 3.86. The van der Waals surface area contributed by atoms with Crippen LogP contribution in [0.4, 0.5) is 0 Å². The van der Waals surface area contributed by atoms with Gasteiger partial charge in [0.15, 0.2) is 11.5 Å². The van der Waals surface area contributed by atoms with E-state index in [2.05, 4.69) is 85.5 Å². The van der Waals surface area contributed by atoms with Crippen LogP contribution in [0.15, 0.2) is 42.5 Å². The first-order valence-corrected chi connectivity index (χ1v) is 18.3. The summed E-state index contributed by atoms with van der Waals surface area (Å²) in [6.07, 6.45) is 2.26. The molecule has 1 saturated carbocycles. The van der Waals surface area contributed by atoms with E-state index in [9.17, 15) is 9.59 Å². The summed E-state index contributed by atoms with van der Waals surface area (Å²) in [7, 11) is 0. The number of benzene rings is 2. The van der Waals surface area contributed by atoms with E-state index >= 15 is 0 Å². The zero-order valence-electron chi connectivity index (χ0n) is 28.6. The molecule has 2 saturated heterocycles. The standard InChI is InChI=1S/C39H46N4O4S/c1-21-10-22(2)12-26(11-21)35-33(28-14-32(48-38(28)42-35)39(4,5)36(44)34-25-7-8-29(34)40-16-25)23(3)15-41-37(45)27-18-43(19-27)17-24-6-9-30-31(13-24)47-20-46-30/h6,9-14,23,25,27,29,34,40,42H,7-8,15-20H2,1-5H3,(H,41,45)/t23-,25?,29?,34?/m1/s1. The summed E-state index contributed by atoms with van der Waals surface area (Å²) >= 11 is 1.71. The number of ether oxygens (including phenoxy) is 2. The van der Waals surface area contributed by atoms with Crippen LogP contribution in [-0.4, -0.2) is 60.6 Å². The molecule has 3 N–H and O–H groups in total. The van der Waals surface area contributed by atoms with Crippen LogP contribution >= 0.6 is 11.3 Å². The van der Waals surface area contributed by atoms with Crippen LogP contribution in [0.3, 0.4) is 0 Å². The number of carbonyl (C=O) groups excluding carboxylic acids is 2. The van der Waals surface area contributed by atoms with E-state index in [0.717, 1.165) is 82.4 Å². The number of likely N-dealkylation sites (tertiary alicyclic amines) is 1. The molecule has 2 bridgehead atoms. The van der Waals surface area contributed by atoms with E-state index in [1.165, 1.54) is 16.7 Å². The summed E-state index contributed by atoms with van der Waals surface area (Å²) in [5.74, 6) is 2.69. The van der Waals surface area contributed by atoms with Gasteiger partial charge >= 0.3 is 0 Å². The molecule has 3 unspecified atom stereocenters. The number of Topliss-reactive ketones (excluding diaryl/α,β-unsaturated/α-hetero) is 1. The van der Waals surface area contributed by atoms with Gasteiger partial charge in [-0.15, -0.1) is 11.3 Å². The largest absolute Gasteiger partial charge is 0.454 e. The quantitative estimate of drug-likeness (QED) is 0.180. The molecule has 8 rings (SSSR count). The van der Waals surface area contributed by atoms with Gasteiger partial charge in [0.1, 0.15) is 10.6 Å². The minimum Gasteiger partial charge on any atom is -0.454 e. The minimum absolute atomic E-state index is 0.0173. The number of aryl methyl sites for hydroxylation is 2. The second-order valence-electron chi connectivity index (χ2n) is 15.2. The van der Waals surface area contributed by atoms with E-state index in [1.54, 1.807) is 11.3 Å². The molecule has 4 aromatic rings. The van der Waals surface area contributed by atoms with Gasteiger partial charge in [0.25, 0.3) is 0 Å². The molecular weight excluding hydrogens is 621 g/mol. The highest BCUT2D eigenvalue weighted by molar-refractivity contribution is 7.19. The summed E-state index contributed by atoms with van der Waals surface area (Å²) < 4.78 is 11.0. The van der Waals surface area contributed by atoms with Gasteiger partial charge in [0.05, 0.1) is 17.0 Å². The first kappa shape index (κ1) is 31.6. The maximum absolute atomic E-state index is 14.0. The second-order valence-corrected chi connectivity index (χ2v) is 16.3. The van der Waals surface area contributed by atoms with E-state index in [-0.39, 0.29) is 30.5 Å². The van der Waals surface area contributed by atoms with E-state index in [4.69, 9.17) is 9.47 Å². The molecule has 4 aliphatic rings. The molecule has 1 amide bonds. The summed E-state index contributed by atoms with van der Waals surface area (Å²) in [5.41, 5.74) is 6.52. The number of H-pyrrole nitrogens is 1. The fourth-order valence-corrected chi connectivity index (χ4v) is 9.79. The topological polar surface area (TPSA) is 95.7 Å². The molecule has 3 fully saturated rings. The summed E-state index contributed by atoms with van der Waals surface area (Å²) in [5, 5.41) is 8.04. The molecule has 5 heterocycles. The Kier molecular flexibility index (Phi) is 7.92. The number of piperidine rings is 1. The lowest BCUT2D eigenvalue weighted by Gasteiger charge is -2.38. The zero-order valence-corrected chi connectivity index (χ0v) is 29.4. The van der Waals surface area contributed by atoms with Gasteiger partial charge in [-0.25, -0.2) is 0 Å². The Hall–Kier alpha value is -3.66. The highest BCUT2D eigenvalue weighted by Crippen LogP contribution is 2.46. The van der Waals surface area contributed by atoms with Crippen LogP contribution in [0.5, 0.6) is 11.5 Å². The molecule has 8 nitrogen and oxygen atoms in total. The van der Waals surface area contributed by atoms with Crippen LogP contribution in [-0.2, 0) is 21.5 Å². The van der Waals surface area contributed by atoms with Crippen molar-refractivity contribution in [3.63, 3.8) is 0 Å². The first-order valence-electron chi connectivity index (χ1n) is 17.5. The van der Waals surface area contributed by atoms with Crippen molar-refractivity contribution >= 4 is 33.2 Å². The first-order chi connectivity index (χ1) is 23.0. The lowest BCUT2D eigenvalue weighted by Crippen LogP contribution is -2.53. The van der Waals surface area contributed by atoms with Crippen molar-refractivity contribution < 1.29 is 19.1 Å². The average molecular weight is 667 g/mol. The number of rotatable bonds is 10. The predicted octanol–water partition coefficient (Wildman–Crippen LogP) is 6.44. The van der Waals surface area contributed by atoms with Crippen LogP contribution < -0.4 is 20.1 Å². The number of hydrogen-bond acceptors (Lipinski definition) is 7. The fraction of sp³-hybridized carbons (Fsp3) is 0.487. The Morgan fingerprint density at radius 2 is 1.81 bits per heavy atom. The normalized spacial score (nSPS) is 22.7. The minimum atomic E-state index is -0.562. The summed E-state index contributed by atoms with van der Waals surface area (Å²) in [4.78, 5) is 35.7. The van der Waals surface area contributed by atoms with Crippen molar-refractivity contribution in [2.24, 2.45) is 17.8 Å². The SMILES string of the molecule is Cc1cc(C)cc(-c2[nH]c3sc(C(C)(C)C(=O)C4C5CCC4NC5)cc3c2[C@H](C)CNC(=O)C2CN(Cc3ccc4c(c3)OCO4)C2)c1. The molecule has 2 aromatic heterocycles. The van der Waals surface area contributed by atoms with Gasteiger partial charge in [0, 0.05) is 54.3 Å². The van der Waals surface area contributed by atoms with Crippen molar-refractivity contribution in [1.29, 1.82) is 0 Å². The maximum atomic E-state index is 14.0. The number of fused-ring (bicyclic) bond motifs is 4. The number of ketones is 1. The molecule has 3 aliphatic heterocycles. The predicted molar refractivity (Wildman–Crippen MR) is 190 cm³/mol. The zero-order chi connectivity index (χ0) is 33.3. The highest BCUT2D eigenvalue weighted by Gasteiger charge is 2.50. The van der Waals surface area contributed by atoms with Crippen LogP contribution in [0.1, 0.15) is 66.7 Å². The van der Waals surface area contributed by atoms with E-state index in [0.29, 0.717) is 24.3 Å². The Morgan fingerprint density at radius 3 is 2.52 bits per heavy atom. The molecule has 9 heteroatoms. The van der Waals surface area contributed by atoms with Gasteiger partial charge in [-0.05, 0) is 100 Å². The highest BCUT2D eigenvalue weighted by atomic mass is 32.1. The number of nitrogens with zero attached hydrogens (tertiary/aromatic N) is 1. The van der Waals surface area contributed by atoms with E-state index in [1.807, 2.05) is 12.1 Å². The fourth-order valence-electron chi connectivity index (χ4n) is 8.61. The summed E-state index contributed by atoms with van der Waals surface area (Å²) in [6, 6.07) is 15.3. The van der Waals surface area contributed by atoms with Crippen molar-refractivity contribution in [3.8, 4) is 22.8 Å². The molecule has 0 spiro atoms. The monoisotopic (exact) mass is 666 g/mol. The number of aromatic nitrogens is 1. The number of hydrogen-bond donors (Lipinski definition) is 3. The third-order valence-corrected chi connectivity index (χ3v) is 12.6. The second kappa shape index (κ2) is 12.0. The van der Waals surface area contributed by atoms with Crippen LogP contribution in [0, 0.1) is 31.6 Å². The van der Waals surface area contributed by atoms with Gasteiger partial charge in [-0.2, -0.15) is 0 Å². The summed E-state index contributed by atoms with van der Waals surface area (Å²) in [6.45, 7) is 14.8. The third kappa shape index (κ3) is 5.53. The third-order valence-electron chi connectivity index (χ3n) is 11.3. The number of thiophene rings is 1. The Bertz CT molecular complexity index is 1860. The van der Waals surface area contributed by atoms with E-state index < -0.39 is 5.41 Å². The van der Waals surface area contributed by atoms with Crippen molar-refractivity contribution in [2.45, 2.75) is 71.4 Å². The molecule has 0 radical (unpaired) electrons. The number of amides is 1. The molecule has 48 heavy (non-hydrogen) atoms. The molecule has 4 atom stereocenters. The van der Waals surface area contributed by atoms with Crippen molar-refractivity contribution in [1.82, 2.24) is 20.5 Å². The van der Waals surface area contributed by atoms with Gasteiger partial charge in [-0.3, -0.25) is 14.5 Å². The van der Waals surface area contributed by atoms with Crippen LogP contribution in [0.2, 0.25) is 0 Å². The Morgan fingerprint density at radius 1 is 1.04 bits per heavy atom. The molecule has 252 valence electrons. The molecular formula is C39H46N4O4S. The Labute approximate surface area is 286 Å². The maximum Gasteiger partial charge on any atom is 0.231 e. The van der Waals surface area contributed by atoms with Gasteiger partial charge < -0.3 is 25.1 Å². The number of aromatic amines is 1. The molecule has 1 aliphatic carbocycles. The van der Waals surface area contributed by atoms with Crippen molar-refractivity contribution in [2.75, 3.05) is 33.0 Å². The molecule has 2 aromatic carbocycles.